The van der Waals surface area contributed by atoms with Crippen molar-refractivity contribution in [1.82, 2.24) is 0 Å². The number of unbranched alkanes of at least 4 members (excludes halogenated alkanes) is 35. The molecule has 2 unspecified atom stereocenters. The summed E-state index contributed by atoms with van der Waals surface area (Å²) in [7, 11) is -9.88. The average molecular weight is 1210 g/mol. The van der Waals surface area contributed by atoms with Crippen LogP contribution in [0.2, 0.25) is 0 Å². The van der Waals surface area contributed by atoms with E-state index in [4.69, 9.17) is 37.0 Å². The zero-order valence-electron chi connectivity index (χ0n) is 52.6. The topological polar surface area (TPSA) is 237 Å². The van der Waals surface area contributed by atoms with Gasteiger partial charge in [0.05, 0.1) is 26.4 Å². The fourth-order valence-electron chi connectivity index (χ4n) is 9.41. The van der Waals surface area contributed by atoms with Crippen LogP contribution in [0.5, 0.6) is 0 Å². The highest BCUT2D eigenvalue weighted by Gasteiger charge is 2.30. The zero-order valence-corrected chi connectivity index (χ0v) is 54.4. The highest BCUT2D eigenvalue weighted by molar-refractivity contribution is 7.47. The Labute approximate surface area is 498 Å². The molecule has 0 bridgehead atoms. The van der Waals surface area contributed by atoms with Crippen LogP contribution in [0.1, 0.15) is 317 Å². The molecule has 0 rings (SSSR count). The van der Waals surface area contributed by atoms with E-state index in [1.807, 2.05) is 0 Å². The number of rotatable bonds is 63. The largest absolute Gasteiger partial charge is 0.472 e. The number of aliphatic hydroxyl groups excluding tert-OH is 1. The van der Waals surface area contributed by atoms with Crippen LogP contribution in [-0.4, -0.2) is 96.7 Å². The smallest absolute Gasteiger partial charge is 0.462 e. The summed E-state index contributed by atoms with van der Waals surface area (Å²) in [5, 5.41) is 10.5. The molecule has 0 radical (unpaired) electrons. The van der Waals surface area contributed by atoms with E-state index in [1.54, 1.807) is 0 Å². The maximum Gasteiger partial charge on any atom is 0.472 e. The lowest BCUT2D eigenvalue weighted by Gasteiger charge is -2.21. The van der Waals surface area contributed by atoms with Crippen molar-refractivity contribution >= 4 is 39.5 Å². The van der Waals surface area contributed by atoms with E-state index < -0.39 is 97.5 Å². The van der Waals surface area contributed by atoms with Gasteiger partial charge in [-0.15, -0.1) is 0 Å². The third-order valence-corrected chi connectivity index (χ3v) is 16.4. The number of carbonyl (C=O) groups excluding carboxylic acids is 4. The van der Waals surface area contributed by atoms with Crippen LogP contribution in [-0.2, 0) is 65.4 Å². The summed E-state index contributed by atoms with van der Waals surface area (Å²) >= 11 is 0. The van der Waals surface area contributed by atoms with Gasteiger partial charge in [0.1, 0.15) is 19.3 Å². The first-order valence-corrected chi connectivity index (χ1v) is 36.1. The van der Waals surface area contributed by atoms with Gasteiger partial charge in [-0.25, -0.2) is 9.13 Å². The predicted octanol–water partition coefficient (Wildman–Crippen LogP) is 17.4. The minimum absolute atomic E-state index is 0.106. The van der Waals surface area contributed by atoms with Crippen LogP contribution >= 0.6 is 15.6 Å². The predicted molar refractivity (Wildman–Crippen MR) is 326 cm³/mol. The van der Waals surface area contributed by atoms with Crippen molar-refractivity contribution in [2.45, 2.75) is 335 Å². The number of phosphoric ester groups is 2. The summed E-state index contributed by atoms with van der Waals surface area (Å²) < 4.78 is 67.9. The molecule has 0 saturated heterocycles. The molecule has 0 fully saturated rings. The van der Waals surface area contributed by atoms with Gasteiger partial charge in [-0.1, -0.05) is 266 Å². The summed E-state index contributed by atoms with van der Waals surface area (Å²) in [5.41, 5.74) is 0. The Morgan fingerprint density at radius 1 is 0.329 bits per heavy atom. The molecule has 0 aliphatic heterocycles. The van der Waals surface area contributed by atoms with Crippen molar-refractivity contribution in [2.75, 3.05) is 39.6 Å². The van der Waals surface area contributed by atoms with Crippen molar-refractivity contribution < 1.29 is 80.2 Å². The summed E-state index contributed by atoms with van der Waals surface area (Å²) in [6.45, 7) is 7.12. The lowest BCUT2D eigenvalue weighted by Crippen LogP contribution is -2.30. The summed E-state index contributed by atoms with van der Waals surface area (Å²) in [6, 6.07) is 0. The molecule has 0 spiro atoms. The average Bonchev–Trinajstić information content (AvgIpc) is 3.47. The first kappa shape index (κ1) is 80.1. The summed E-state index contributed by atoms with van der Waals surface area (Å²) in [5.74, 6) is -1.41. The molecule has 0 aromatic heterocycles. The molecule has 0 heterocycles. The highest BCUT2D eigenvalue weighted by Crippen LogP contribution is 2.45. The van der Waals surface area contributed by atoms with Gasteiger partial charge in [-0.05, 0) is 31.6 Å². The lowest BCUT2D eigenvalue weighted by molar-refractivity contribution is -0.161. The molecule has 0 saturated carbocycles. The molecule has 17 nitrogen and oxygen atoms in total. The third kappa shape index (κ3) is 57.2. The molecule has 0 amide bonds. The number of ether oxygens (including phenoxy) is 4. The molecule has 5 atom stereocenters. The summed E-state index contributed by atoms with van der Waals surface area (Å²) in [6.07, 6.45) is 40.3. The number of phosphoric acid groups is 2. The van der Waals surface area contributed by atoms with Crippen molar-refractivity contribution in [3.8, 4) is 0 Å². The molecule has 0 aromatic rings. The lowest BCUT2D eigenvalue weighted by atomic mass is 10.0. The normalized spacial score (nSPS) is 14.3. The van der Waals surface area contributed by atoms with Crippen LogP contribution in [0.3, 0.4) is 0 Å². The maximum absolute atomic E-state index is 13.0. The second-order valence-corrected chi connectivity index (χ2v) is 26.2. The van der Waals surface area contributed by atoms with Crippen LogP contribution in [0, 0.1) is 5.92 Å². The van der Waals surface area contributed by atoms with E-state index in [1.165, 1.54) is 135 Å². The Balaban J connectivity index is 5.22. The third-order valence-electron chi connectivity index (χ3n) is 14.5. The number of hydrogen-bond acceptors (Lipinski definition) is 15. The first-order valence-electron chi connectivity index (χ1n) is 33.1. The highest BCUT2D eigenvalue weighted by atomic mass is 31.2. The number of carbonyl (C=O) groups is 4. The number of esters is 4. The zero-order chi connectivity index (χ0) is 60.6. The maximum atomic E-state index is 13.0. The van der Waals surface area contributed by atoms with Gasteiger partial charge in [0.2, 0.25) is 0 Å². The number of aliphatic hydroxyl groups is 1. The monoisotopic (exact) mass is 1210 g/mol. The second kappa shape index (κ2) is 56.8. The standard InChI is InChI=1S/C63H122O17P2/c1-6-9-12-15-18-21-22-23-24-25-27-34-39-44-49-63(68)80-59(53-74-61(66)47-42-37-32-29-28-30-35-40-45-56(4)5)55-78-82(71,72)76-51-57(64)50-75-81(69,70)77-54-58(52-73-60(65)46-41-36-31-20-17-14-11-8-3)79-62(67)48-43-38-33-26-19-16-13-10-7-2/h56-59,64H,6-55H2,1-5H3,(H,69,70)(H,71,72)/t57-,58+,59+/m0/s1. The van der Waals surface area contributed by atoms with Crippen molar-refractivity contribution in [3.05, 3.63) is 0 Å². The fourth-order valence-corrected chi connectivity index (χ4v) is 11.0. The van der Waals surface area contributed by atoms with Gasteiger partial charge in [0.15, 0.2) is 12.2 Å². The Hall–Kier alpha value is -1.94. The van der Waals surface area contributed by atoms with Gasteiger partial charge in [0.25, 0.3) is 0 Å². The van der Waals surface area contributed by atoms with Crippen molar-refractivity contribution in [2.24, 2.45) is 5.92 Å². The minimum atomic E-state index is -4.94. The van der Waals surface area contributed by atoms with E-state index in [-0.39, 0.29) is 25.7 Å². The fraction of sp³-hybridized carbons (Fsp3) is 0.937. The van der Waals surface area contributed by atoms with E-state index in [0.717, 1.165) is 102 Å². The van der Waals surface area contributed by atoms with E-state index >= 15 is 0 Å². The van der Waals surface area contributed by atoms with E-state index in [2.05, 4.69) is 34.6 Å². The van der Waals surface area contributed by atoms with Crippen LogP contribution in [0.25, 0.3) is 0 Å². The van der Waals surface area contributed by atoms with Crippen LogP contribution < -0.4 is 0 Å². The summed E-state index contributed by atoms with van der Waals surface area (Å²) in [4.78, 5) is 72.1. The Morgan fingerprint density at radius 2 is 0.561 bits per heavy atom. The molecular weight excluding hydrogens is 1090 g/mol. The molecule has 486 valence electrons. The van der Waals surface area contributed by atoms with E-state index in [9.17, 15) is 43.2 Å². The molecule has 0 aliphatic rings. The Morgan fingerprint density at radius 3 is 0.829 bits per heavy atom. The Bertz CT molecular complexity index is 1600. The van der Waals surface area contributed by atoms with Crippen LogP contribution in [0.4, 0.5) is 0 Å². The molecule has 0 aliphatic carbocycles. The van der Waals surface area contributed by atoms with Gasteiger partial charge in [0, 0.05) is 25.7 Å². The molecule has 82 heavy (non-hydrogen) atoms. The SMILES string of the molecule is CCCCCCCCCCCCCCCCC(=O)O[C@H](COC(=O)CCCCCCCCCCC(C)C)COP(=O)(O)OC[C@@H](O)COP(=O)(O)OC[C@@H](COC(=O)CCCCCCCCCC)OC(=O)CCCCCCCCCCC. The van der Waals surface area contributed by atoms with Crippen molar-refractivity contribution in [3.63, 3.8) is 0 Å². The molecule has 19 heteroatoms. The second-order valence-electron chi connectivity index (χ2n) is 23.3. The molecule has 0 aromatic carbocycles. The van der Waals surface area contributed by atoms with Gasteiger partial charge < -0.3 is 33.8 Å². The molecule has 3 N–H and O–H groups in total. The Kier molecular flexibility index (Phi) is 55.5. The number of hydrogen-bond donors (Lipinski definition) is 3. The van der Waals surface area contributed by atoms with E-state index in [0.29, 0.717) is 25.7 Å². The van der Waals surface area contributed by atoms with Crippen molar-refractivity contribution in [1.29, 1.82) is 0 Å². The van der Waals surface area contributed by atoms with Gasteiger partial charge >= 0.3 is 39.5 Å². The van der Waals surface area contributed by atoms with Crippen LogP contribution in [0.15, 0.2) is 0 Å². The van der Waals surface area contributed by atoms with Gasteiger partial charge in [-0.2, -0.15) is 0 Å². The molecular formula is C63H122O17P2. The van der Waals surface area contributed by atoms with Gasteiger partial charge in [-0.3, -0.25) is 37.3 Å². The first-order chi connectivity index (χ1) is 39.5. The minimum Gasteiger partial charge on any atom is -0.462 e. The quantitative estimate of drug-likeness (QED) is 0.0222.